The second-order valence-electron chi connectivity index (χ2n) is 9.07. The first-order chi connectivity index (χ1) is 14.1. The van der Waals surface area contributed by atoms with Crippen molar-refractivity contribution in [3.63, 3.8) is 0 Å². The Morgan fingerprint density at radius 3 is 2.41 bits per heavy atom. The molecule has 0 aromatic carbocycles. The largest absolute Gasteiger partial charge is 0.376 e. The summed E-state index contributed by atoms with van der Waals surface area (Å²) in [7, 11) is 2.15. The van der Waals surface area contributed by atoms with Gasteiger partial charge in [0.05, 0.1) is 11.7 Å². The summed E-state index contributed by atoms with van der Waals surface area (Å²) < 4.78 is 5.85. The van der Waals surface area contributed by atoms with Gasteiger partial charge in [0.15, 0.2) is 0 Å². The van der Waals surface area contributed by atoms with Crippen molar-refractivity contribution in [2.75, 3.05) is 51.3 Å². The Morgan fingerprint density at radius 1 is 1.10 bits per heavy atom. The van der Waals surface area contributed by atoms with E-state index in [1.807, 2.05) is 4.90 Å². The maximum Gasteiger partial charge on any atom is 0.257 e. The minimum Gasteiger partial charge on any atom is -0.376 e. The maximum absolute atomic E-state index is 13.4. The molecule has 1 atom stereocenters. The third-order valence-corrected chi connectivity index (χ3v) is 6.77. The zero-order valence-electron chi connectivity index (χ0n) is 17.9. The van der Waals surface area contributed by atoms with E-state index in [1.54, 1.807) is 12.4 Å². The molecule has 0 saturated carbocycles. The Balaban J connectivity index is 1.45. The molecule has 1 aromatic rings. The maximum atomic E-state index is 13.4. The molecule has 3 aliphatic heterocycles. The molecule has 0 N–H and O–H groups in total. The lowest BCUT2D eigenvalue weighted by Crippen LogP contribution is -2.49. The van der Waals surface area contributed by atoms with Crippen LogP contribution in [0.1, 0.15) is 55.8 Å². The molecule has 0 radical (unpaired) electrons. The predicted octanol–water partition coefficient (Wildman–Crippen LogP) is 2.43. The van der Waals surface area contributed by atoms with Crippen LogP contribution in [0.25, 0.3) is 0 Å². The lowest BCUT2D eigenvalue weighted by molar-refractivity contribution is 0.0319. The van der Waals surface area contributed by atoms with Crippen LogP contribution in [0, 0.1) is 5.92 Å². The molecule has 3 fully saturated rings. The average Bonchev–Trinajstić information content (AvgIpc) is 3.26. The van der Waals surface area contributed by atoms with Crippen LogP contribution in [-0.4, -0.2) is 84.2 Å². The summed E-state index contributed by atoms with van der Waals surface area (Å²) in [6, 6.07) is 0.270. The van der Waals surface area contributed by atoms with Gasteiger partial charge in [0.1, 0.15) is 0 Å². The molecule has 0 unspecified atom stereocenters. The zero-order valence-corrected chi connectivity index (χ0v) is 17.9. The van der Waals surface area contributed by atoms with Crippen molar-refractivity contribution in [3.8, 4) is 0 Å². The summed E-state index contributed by atoms with van der Waals surface area (Å²) in [5, 5.41) is 0. The van der Waals surface area contributed by atoms with E-state index in [0.29, 0.717) is 12.1 Å². The van der Waals surface area contributed by atoms with Crippen LogP contribution < -0.4 is 4.90 Å². The third-order valence-electron chi connectivity index (χ3n) is 6.77. The normalized spacial score (nSPS) is 24.8. The summed E-state index contributed by atoms with van der Waals surface area (Å²) in [5.41, 5.74) is 0.594. The molecule has 0 bridgehead atoms. The minimum atomic E-state index is 0.0499. The number of ether oxygens (including phenoxy) is 1. The molecular weight excluding hydrogens is 366 g/mol. The fraction of sp³-hybridized carbons (Fsp3) is 0.773. The van der Waals surface area contributed by atoms with Crippen LogP contribution >= 0.6 is 0 Å². The summed E-state index contributed by atoms with van der Waals surface area (Å²) in [4.78, 5) is 29.1. The number of hydrogen-bond donors (Lipinski definition) is 0. The lowest BCUT2D eigenvalue weighted by Gasteiger charge is -2.38. The molecule has 29 heavy (non-hydrogen) atoms. The van der Waals surface area contributed by atoms with Crippen LogP contribution in [-0.2, 0) is 4.74 Å². The second-order valence-corrected chi connectivity index (χ2v) is 9.07. The summed E-state index contributed by atoms with van der Waals surface area (Å²) in [6.07, 6.45) is 10.1. The second kappa shape index (κ2) is 9.39. The number of hydrogen-bond acceptors (Lipinski definition) is 6. The van der Waals surface area contributed by atoms with E-state index in [-0.39, 0.29) is 18.1 Å². The topological polar surface area (TPSA) is 61.8 Å². The van der Waals surface area contributed by atoms with Gasteiger partial charge in [0.25, 0.3) is 5.91 Å². The lowest BCUT2D eigenvalue weighted by atomic mass is 10.00. The molecule has 0 spiro atoms. The highest BCUT2D eigenvalue weighted by Crippen LogP contribution is 2.23. The number of anilines is 1. The van der Waals surface area contributed by atoms with Gasteiger partial charge in [-0.25, -0.2) is 9.97 Å². The van der Waals surface area contributed by atoms with Gasteiger partial charge in [-0.3, -0.25) is 4.79 Å². The fourth-order valence-corrected chi connectivity index (χ4v) is 4.68. The summed E-state index contributed by atoms with van der Waals surface area (Å²) >= 11 is 0. The van der Waals surface area contributed by atoms with E-state index >= 15 is 0 Å². The first-order valence-electron chi connectivity index (χ1n) is 11.3. The average molecular weight is 402 g/mol. The number of likely N-dealkylation sites (tertiary alicyclic amines) is 1. The van der Waals surface area contributed by atoms with Crippen LogP contribution in [0.5, 0.6) is 0 Å². The SMILES string of the molecule is CC1CCN(c2ncc(C(=O)N(C[C@@H]3CCCO3)C3CCN(C)CC3)cn2)CC1. The quantitative estimate of drug-likeness (QED) is 0.755. The third kappa shape index (κ3) is 5.07. The molecule has 7 nitrogen and oxygen atoms in total. The van der Waals surface area contributed by atoms with E-state index in [2.05, 4.69) is 33.7 Å². The standard InChI is InChI=1S/C22H35N5O2/c1-17-5-11-26(12-6-17)22-23-14-18(15-24-22)21(28)27(16-20-4-3-13-29-20)19-7-9-25(2)10-8-19/h14-15,17,19-20H,3-13,16H2,1-2H3/t20-/m0/s1. The van der Waals surface area contributed by atoms with Crippen LogP contribution in [0.15, 0.2) is 12.4 Å². The molecule has 7 heteroatoms. The van der Waals surface area contributed by atoms with Gasteiger partial charge in [-0.2, -0.15) is 0 Å². The fourth-order valence-electron chi connectivity index (χ4n) is 4.68. The van der Waals surface area contributed by atoms with E-state index in [9.17, 15) is 4.79 Å². The highest BCUT2D eigenvalue weighted by atomic mass is 16.5. The van der Waals surface area contributed by atoms with E-state index in [4.69, 9.17) is 4.74 Å². The monoisotopic (exact) mass is 401 g/mol. The Kier molecular flexibility index (Phi) is 6.65. The highest BCUT2D eigenvalue weighted by Gasteiger charge is 2.31. The number of amides is 1. The van der Waals surface area contributed by atoms with E-state index in [1.165, 1.54) is 12.8 Å². The molecule has 4 heterocycles. The number of aromatic nitrogens is 2. The first-order valence-corrected chi connectivity index (χ1v) is 11.3. The van der Waals surface area contributed by atoms with Crippen LogP contribution in [0.2, 0.25) is 0 Å². The van der Waals surface area contributed by atoms with E-state index < -0.39 is 0 Å². The molecule has 1 amide bonds. The molecule has 3 saturated heterocycles. The van der Waals surface area contributed by atoms with Gasteiger partial charge in [0, 0.05) is 44.7 Å². The Bertz CT molecular complexity index is 660. The first kappa shape index (κ1) is 20.5. The number of rotatable bonds is 5. The van der Waals surface area contributed by atoms with Gasteiger partial charge < -0.3 is 19.4 Å². The van der Waals surface area contributed by atoms with Gasteiger partial charge >= 0.3 is 0 Å². The Morgan fingerprint density at radius 2 is 1.79 bits per heavy atom. The molecule has 160 valence electrons. The smallest absolute Gasteiger partial charge is 0.257 e. The van der Waals surface area contributed by atoms with Gasteiger partial charge in [-0.15, -0.1) is 0 Å². The van der Waals surface area contributed by atoms with Crippen molar-refractivity contribution >= 4 is 11.9 Å². The van der Waals surface area contributed by atoms with Crippen molar-refractivity contribution in [3.05, 3.63) is 18.0 Å². The van der Waals surface area contributed by atoms with Gasteiger partial charge in [-0.05, 0) is 64.6 Å². The Labute approximate surface area is 174 Å². The molecule has 0 aliphatic carbocycles. The van der Waals surface area contributed by atoms with Crippen LogP contribution in [0.4, 0.5) is 5.95 Å². The predicted molar refractivity (Wildman–Crippen MR) is 113 cm³/mol. The molecular formula is C22H35N5O2. The number of piperidine rings is 2. The number of carbonyl (C=O) groups excluding carboxylic acids is 1. The molecule has 1 aromatic heterocycles. The zero-order chi connectivity index (χ0) is 20.2. The van der Waals surface area contributed by atoms with Crippen LogP contribution in [0.3, 0.4) is 0 Å². The molecule has 4 rings (SSSR count). The minimum absolute atomic E-state index is 0.0499. The van der Waals surface area contributed by atoms with Crippen molar-refractivity contribution < 1.29 is 9.53 Å². The number of carbonyl (C=O) groups is 1. The van der Waals surface area contributed by atoms with Crippen molar-refractivity contribution in [1.29, 1.82) is 0 Å². The van der Waals surface area contributed by atoms with E-state index in [0.717, 1.165) is 70.3 Å². The highest BCUT2D eigenvalue weighted by molar-refractivity contribution is 5.94. The number of nitrogens with zero attached hydrogens (tertiary/aromatic N) is 5. The Hall–Kier alpha value is -1.73. The van der Waals surface area contributed by atoms with Crippen molar-refractivity contribution in [2.24, 2.45) is 5.92 Å². The summed E-state index contributed by atoms with van der Waals surface area (Å²) in [6.45, 7) is 7.84. The summed E-state index contributed by atoms with van der Waals surface area (Å²) in [5.74, 6) is 1.57. The van der Waals surface area contributed by atoms with Crippen molar-refractivity contribution in [1.82, 2.24) is 19.8 Å². The van der Waals surface area contributed by atoms with Gasteiger partial charge in [-0.1, -0.05) is 6.92 Å². The molecule has 3 aliphatic rings. The van der Waals surface area contributed by atoms with Gasteiger partial charge in [0.2, 0.25) is 5.95 Å². The van der Waals surface area contributed by atoms with Crippen molar-refractivity contribution in [2.45, 2.75) is 57.6 Å².